The molecule has 5 nitrogen and oxygen atoms in total. The molecule has 2 aromatic carbocycles. The summed E-state index contributed by atoms with van der Waals surface area (Å²) < 4.78 is 0. The third-order valence-electron chi connectivity index (χ3n) is 3.32. The quantitative estimate of drug-likeness (QED) is 0.289. The molecule has 0 radical (unpaired) electrons. The van der Waals surface area contributed by atoms with Crippen LogP contribution >= 0.6 is 39.5 Å². The normalized spacial score (nSPS) is 8.90. The van der Waals surface area contributed by atoms with Crippen LogP contribution in [0.1, 0.15) is 21.8 Å². The maximum absolute atomic E-state index is 11.0. The Hall–Kier alpha value is -2.91. The molecular formula is C22H19BrN4OS2. The van der Waals surface area contributed by atoms with Crippen molar-refractivity contribution in [2.75, 3.05) is 5.33 Å². The Balaban J connectivity index is 0.000000247. The van der Waals surface area contributed by atoms with E-state index in [1.165, 1.54) is 11.3 Å². The summed E-state index contributed by atoms with van der Waals surface area (Å²) in [4.78, 5) is 15.6. The van der Waals surface area contributed by atoms with Crippen LogP contribution in [0.2, 0.25) is 0 Å². The van der Waals surface area contributed by atoms with Gasteiger partial charge in [-0.2, -0.15) is 10.5 Å². The smallest absolute Gasteiger partial charge is 0.173 e. The molecule has 3 rings (SSSR count). The number of carbonyl (C=O) groups is 1. The highest BCUT2D eigenvalue weighted by molar-refractivity contribution is 9.09. The Kier molecular flexibility index (Phi) is 12.6. The zero-order valence-corrected chi connectivity index (χ0v) is 19.2. The highest BCUT2D eigenvalue weighted by Gasteiger charge is 2.02. The summed E-state index contributed by atoms with van der Waals surface area (Å²) in [5, 5.41) is 19.6. The van der Waals surface area contributed by atoms with Crippen molar-refractivity contribution in [1.82, 2.24) is 4.98 Å². The molecule has 2 N–H and O–H groups in total. The zero-order valence-electron chi connectivity index (χ0n) is 16.0. The highest BCUT2D eigenvalue weighted by Crippen LogP contribution is 2.21. The SMILES string of the molecule is N#CCC(N)=S.N#CCc1nc(-c2ccccc2)cs1.O=C(CBr)c1ccccc1. The minimum absolute atomic E-state index is 0.126. The largest absolute Gasteiger partial charge is 0.392 e. The molecule has 0 unspecified atom stereocenters. The molecular weight excluding hydrogens is 480 g/mol. The lowest BCUT2D eigenvalue weighted by Crippen LogP contribution is -2.04. The Labute approximate surface area is 193 Å². The number of nitriles is 2. The number of ketones is 1. The first-order valence-corrected chi connectivity index (χ1v) is 11.1. The first-order chi connectivity index (χ1) is 14.5. The van der Waals surface area contributed by atoms with Crippen molar-refractivity contribution in [1.29, 1.82) is 10.5 Å². The van der Waals surface area contributed by atoms with Crippen LogP contribution in [-0.2, 0) is 6.42 Å². The van der Waals surface area contributed by atoms with Crippen molar-refractivity contribution in [3.63, 3.8) is 0 Å². The van der Waals surface area contributed by atoms with Gasteiger partial charge in [0.25, 0.3) is 0 Å². The molecule has 0 amide bonds. The van der Waals surface area contributed by atoms with Gasteiger partial charge in [-0.05, 0) is 0 Å². The molecule has 3 aromatic rings. The monoisotopic (exact) mass is 498 g/mol. The average molecular weight is 499 g/mol. The van der Waals surface area contributed by atoms with Crippen LogP contribution in [-0.4, -0.2) is 21.1 Å². The van der Waals surface area contributed by atoms with Gasteiger partial charge in [-0.25, -0.2) is 4.98 Å². The van der Waals surface area contributed by atoms with Gasteiger partial charge in [-0.15, -0.1) is 11.3 Å². The lowest BCUT2D eigenvalue weighted by atomic mass is 10.2. The predicted molar refractivity (Wildman–Crippen MR) is 128 cm³/mol. The van der Waals surface area contributed by atoms with Gasteiger partial charge in [0.1, 0.15) is 5.01 Å². The molecule has 0 aliphatic heterocycles. The fraction of sp³-hybridized carbons (Fsp3) is 0.136. The summed E-state index contributed by atoms with van der Waals surface area (Å²) in [6.45, 7) is 0. The number of nitrogens with two attached hydrogens (primary N) is 1. The van der Waals surface area contributed by atoms with Crippen LogP contribution in [0.5, 0.6) is 0 Å². The van der Waals surface area contributed by atoms with Crippen molar-refractivity contribution >= 4 is 50.3 Å². The van der Waals surface area contributed by atoms with E-state index in [1.807, 2.05) is 66.0 Å². The summed E-state index contributed by atoms with van der Waals surface area (Å²) in [5.41, 5.74) is 7.74. The maximum Gasteiger partial charge on any atom is 0.173 e. The molecule has 30 heavy (non-hydrogen) atoms. The second-order valence-electron chi connectivity index (χ2n) is 5.55. The molecule has 1 aromatic heterocycles. The van der Waals surface area contributed by atoms with E-state index >= 15 is 0 Å². The van der Waals surface area contributed by atoms with Gasteiger partial charge in [-0.1, -0.05) is 88.8 Å². The summed E-state index contributed by atoms with van der Waals surface area (Å²) in [7, 11) is 0. The molecule has 1 heterocycles. The van der Waals surface area contributed by atoms with Crippen LogP contribution in [0, 0.1) is 22.7 Å². The summed E-state index contributed by atoms with van der Waals surface area (Å²) in [5.74, 6) is 0.126. The number of rotatable bonds is 5. The molecule has 8 heteroatoms. The standard InChI is InChI=1S/C11H8N2S.C8H7BrO.C3H4N2S/c12-7-6-11-13-10(8-14-11)9-4-2-1-3-5-9;9-6-8(10)7-4-2-1-3-5-7;4-2-1-3(5)6/h1-5,8H,6H2;1-5H,6H2;1H2,(H2,5,6). The van der Waals surface area contributed by atoms with E-state index in [9.17, 15) is 4.79 Å². The van der Waals surface area contributed by atoms with Crippen molar-refractivity contribution < 1.29 is 4.79 Å². The molecule has 0 bridgehead atoms. The Morgan fingerprint density at radius 3 is 2.13 bits per heavy atom. The Morgan fingerprint density at radius 1 is 1.07 bits per heavy atom. The maximum atomic E-state index is 11.0. The topological polar surface area (TPSA) is 104 Å². The van der Waals surface area contributed by atoms with E-state index in [1.54, 1.807) is 6.07 Å². The number of alkyl halides is 1. The number of nitrogens with zero attached hydrogens (tertiary/aromatic N) is 3. The van der Waals surface area contributed by atoms with Crippen LogP contribution in [0.25, 0.3) is 11.3 Å². The summed E-state index contributed by atoms with van der Waals surface area (Å²) >= 11 is 8.99. The van der Waals surface area contributed by atoms with Gasteiger partial charge in [0.15, 0.2) is 5.78 Å². The number of aromatic nitrogens is 1. The molecule has 0 saturated heterocycles. The molecule has 0 spiro atoms. The second kappa shape index (κ2) is 15.0. The molecule has 152 valence electrons. The van der Waals surface area contributed by atoms with Gasteiger partial charge < -0.3 is 5.73 Å². The minimum Gasteiger partial charge on any atom is -0.392 e. The number of Topliss-reactive ketones (excluding diaryl/α,β-unsaturated/α-hetero) is 1. The van der Waals surface area contributed by atoms with E-state index in [-0.39, 0.29) is 17.2 Å². The molecule has 0 aliphatic rings. The number of hydrogen-bond donors (Lipinski definition) is 1. The number of benzene rings is 2. The summed E-state index contributed by atoms with van der Waals surface area (Å²) in [6.07, 6.45) is 0.590. The van der Waals surface area contributed by atoms with Crippen molar-refractivity contribution in [3.05, 3.63) is 76.6 Å². The van der Waals surface area contributed by atoms with Crippen LogP contribution in [0.4, 0.5) is 0 Å². The third kappa shape index (κ3) is 10.0. The Morgan fingerprint density at radius 2 is 1.67 bits per heavy atom. The fourth-order valence-electron chi connectivity index (χ4n) is 1.98. The predicted octanol–water partition coefficient (Wildman–Crippen LogP) is 5.33. The van der Waals surface area contributed by atoms with Crippen molar-refractivity contribution in [3.8, 4) is 23.4 Å². The van der Waals surface area contributed by atoms with E-state index < -0.39 is 0 Å². The Bertz CT molecular complexity index is 1010. The zero-order chi connectivity index (χ0) is 22.2. The van der Waals surface area contributed by atoms with E-state index in [0.717, 1.165) is 21.8 Å². The number of halogens is 1. The highest BCUT2D eigenvalue weighted by atomic mass is 79.9. The van der Waals surface area contributed by atoms with Gasteiger partial charge in [0, 0.05) is 16.5 Å². The average Bonchev–Trinajstić information content (AvgIpc) is 3.24. The van der Waals surface area contributed by atoms with Crippen LogP contribution in [0.15, 0.2) is 66.0 Å². The molecule has 0 aliphatic carbocycles. The molecule has 0 fully saturated rings. The van der Waals surface area contributed by atoms with E-state index in [4.69, 9.17) is 16.3 Å². The van der Waals surface area contributed by atoms with Gasteiger partial charge in [-0.3, -0.25) is 4.79 Å². The fourth-order valence-corrected chi connectivity index (χ4v) is 3.10. The van der Waals surface area contributed by atoms with Crippen molar-refractivity contribution in [2.45, 2.75) is 12.8 Å². The van der Waals surface area contributed by atoms with Crippen LogP contribution in [0.3, 0.4) is 0 Å². The van der Waals surface area contributed by atoms with E-state index in [0.29, 0.717) is 11.8 Å². The van der Waals surface area contributed by atoms with Gasteiger partial charge in [0.05, 0.1) is 41.0 Å². The summed E-state index contributed by atoms with van der Waals surface area (Å²) in [6, 6.07) is 23.1. The van der Waals surface area contributed by atoms with Crippen molar-refractivity contribution in [2.24, 2.45) is 5.73 Å². The van der Waals surface area contributed by atoms with Gasteiger partial charge >= 0.3 is 0 Å². The van der Waals surface area contributed by atoms with Gasteiger partial charge in [0.2, 0.25) is 0 Å². The lowest BCUT2D eigenvalue weighted by Gasteiger charge is -1.93. The number of carbonyl (C=O) groups excluding carboxylic acids is 1. The third-order valence-corrected chi connectivity index (χ3v) is 4.82. The first kappa shape index (κ1) is 25.1. The number of thiocarbonyl (C=S) groups is 1. The number of thiazole rings is 1. The number of hydrogen-bond acceptors (Lipinski definition) is 6. The second-order valence-corrected chi connectivity index (χ2v) is 7.58. The van der Waals surface area contributed by atoms with Crippen LogP contribution < -0.4 is 5.73 Å². The van der Waals surface area contributed by atoms with E-state index in [2.05, 4.69) is 39.2 Å². The minimum atomic E-state index is 0.126. The molecule has 0 saturated carbocycles. The molecule has 0 atom stereocenters. The lowest BCUT2D eigenvalue weighted by molar-refractivity contribution is 0.102. The first-order valence-electron chi connectivity index (χ1n) is 8.68.